The predicted octanol–water partition coefficient (Wildman–Crippen LogP) is 5.32. The fourth-order valence-corrected chi connectivity index (χ4v) is 6.55. The zero-order valence-corrected chi connectivity index (χ0v) is 23.5. The van der Waals surface area contributed by atoms with Crippen molar-refractivity contribution in [3.05, 3.63) is 94.6 Å². The molecule has 2 aromatic carbocycles. The lowest BCUT2D eigenvalue weighted by Gasteiger charge is -2.37. The van der Waals surface area contributed by atoms with Gasteiger partial charge in [0.15, 0.2) is 0 Å². The second kappa shape index (κ2) is 10.7. The summed E-state index contributed by atoms with van der Waals surface area (Å²) in [5, 5.41) is 5.95. The third-order valence-corrected chi connectivity index (χ3v) is 9.06. The first-order valence-electron chi connectivity index (χ1n) is 14.0. The van der Waals surface area contributed by atoms with Gasteiger partial charge in [-0.15, -0.1) is 11.3 Å². The van der Waals surface area contributed by atoms with E-state index in [4.69, 9.17) is 0 Å². The van der Waals surface area contributed by atoms with Crippen molar-refractivity contribution in [2.75, 3.05) is 34.8 Å². The number of halogens is 1. The molecule has 2 aromatic heterocycles. The van der Waals surface area contributed by atoms with E-state index in [1.54, 1.807) is 46.3 Å². The van der Waals surface area contributed by atoms with Crippen molar-refractivity contribution >= 4 is 46.1 Å². The number of anilines is 3. The Hall–Kier alpha value is -4.57. The average Bonchev–Trinajstić information content (AvgIpc) is 3.74. The highest BCUT2D eigenvalue weighted by Gasteiger charge is 2.31. The van der Waals surface area contributed by atoms with Crippen molar-refractivity contribution in [2.24, 2.45) is 0 Å². The van der Waals surface area contributed by atoms with Crippen LogP contribution in [0.2, 0.25) is 0 Å². The van der Waals surface area contributed by atoms with Gasteiger partial charge in [-0.1, -0.05) is 18.2 Å². The standard InChI is InChI=1S/C32H28FN5O3S/c33-21-17-37(18-21)27-16-34-13-11-25(27)30(39)35-22-7-5-19(6-8-22)32(41)38-14-12-20-15-28(31(40)36-23-9-10-23)42-29(20)24-3-1-2-4-26(24)38/h1-8,11,13,15-16,21,23H,9-10,12,14,17-18H2,(H,35,39)(H,36,40). The van der Waals surface area contributed by atoms with E-state index in [2.05, 4.69) is 15.6 Å². The van der Waals surface area contributed by atoms with Crippen molar-refractivity contribution in [2.45, 2.75) is 31.5 Å². The second-order valence-corrected chi connectivity index (χ2v) is 11.9. The van der Waals surface area contributed by atoms with E-state index < -0.39 is 6.17 Å². The van der Waals surface area contributed by atoms with E-state index in [1.807, 2.05) is 30.3 Å². The number of nitrogens with one attached hydrogen (secondary N) is 2. The Balaban J connectivity index is 1.09. The third-order valence-electron chi connectivity index (χ3n) is 7.85. The molecule has 0 radical (unpaired) electrons. The quantitative estimate of drug-likeness (QED) is 0.322. The van der Waals surface area contributed by atoms with Crippen LogP contribution in [0.15, 0.2) is 73.1 Å². The van der Waals surface area contributed by atoms with Crippen LogP contribution in [0, 0.1) is 0 Å². The molecule has 1 saturated carbocycles. The van der Waals surface area contributed by atoms with Gasteiger partial charge in [-0.25, -0.2) is 4.39 Å². The molecule has 4 heterocycles. The maximum atomic E-state index is 13.8. The fourth-order valence-electron chi connectivity index (χ4n) is 5.41. The molecule has 0 bridgehead atoms. The van der Waals surface area contributed by atoms with Crippen LogP contribution in [-0.4, -0.2) is 54.6 Å². The Kier molecular flexibility index (Phi) is 6.70. The van der Waals surface area contributed by atoms with Gasteiger partial charge in [-0.05, 0) is 67.3 Å². The molecule has 3 aliphatic rings. The molecule has 212 valence electrons. The number of carbonyl (C=O) groups excluding carboxylic acids is 3. The molecule has 8 nitrogen and oxygen atoms in total. The number of aromatic nitrogens is 1. The van der Waals surface area contributed by atoms with Gasteiger partial charge in [0.2, 0.25) is 0 Å². The van der Waals surface area contributed by atoms with Gasteiger partial charge in [-0.3, -0.25) is 19.4 Å². The Bertz CT molecular complexity index is 1690. The Morgan fingerprint density at radius 3 is 2.50 bits per heavy atom. The lowest BCUT2D eigenvalue weighted by Crippen LogP contribution is -2.49. The van der Waals surface area contributed by atoms with Gasteiger partial charge < -0.3 is 20.4 Å². The third kappa shape index (κ3) is 5.02. The number of amides is 3. The number of rotatable bonds is 6. The molecule has 4 aromatic rings. The van der Waals surface area contributed by atoms with E-state index in [0.29, 0.717) is 46.4 Å². The minimum absolute atomic E-state index is 0.0257. The Morgan fingerprint density at radius 1 is 0.952 bits per heavy atom. The summed E-state index contributed by atoms with van der Waals surface area (Å²) in [7, 11) is 0. The van der Waals surface area contributed by atoms with Crippen LogP contribution in [-0.2, 0) is 6.42 Å². The number of pyridine rings is 1. The number of para-hydroxylation sites is 1. The van der Waals surface area contributed by atoms with Gasteiger partial charge in [0, 0.05) is 40.5 Å². The van der Waals surface area contributed by atoms with Gasteiger partial charge >= 0.3 is 0 Å². The number of hydrogen-bond acceptors (Lipinski definition) is 6. The number of nitrogens with zero attached hydrogens (tertiary/aromatic N) is 3. The molecular formula is C32H28FN5O3S. The lowest BCUT2D eigenvalue weighted by atomic mass is 10.1. The number of benzene rings is 2. The Morgan fingerprint density at radius 2 is 1.74 bits per heavy atom. The molecule has 1 saturated heterocycles. The van der Waals surface area contributed by atoms with Crippen LogP contribution in [0.4, 0.5) is 21.5 Å². The maximum Gasteiger partial charge on any atom is 0.261 e. The summed E-state index contributed by atoms with van der Waals surface area (Å²) in [6, 6.07) is 18.5. The van der Waals surface area contributed by atoms with Crippen molar-refractivity contribution in [1.82, 2.24) is 10.3 Å². The monoisotopic (exact) mass is 581 g/mol. The molecule has 1 aliphatic carbocycles. The fraction of sp³-hybridized carbons (Fsp3) is 0.250. The smallest absolute Gasteiger partial charge is 0.261 e. The first-order chi connectivity index (χ1) is 20.4. The second-order valence-electron chi connectivity index (χ2n) is 10.9. The van der Waals surface area contributed by atoms with Crippen LogP contribution in [0.1, 0.15) is 48.8 Å². The summed E-state index contributed by atoms with van der Waals surface area (Å²) in [6.45, 7) is 0.961. The van der Waals surface area contributed by atoms with Crippen LogP contribution in [0.3, 0.4) is 0 Å². The Labute approximate surface area is 246 Å². The SMILES string of the molecule is O=C(NC1CC1)c1cc2c(s1)-c1ccccc1N(C(=O)c1ccc(NC(=O)c3ccncc3N3CC(F)C3)cc1)CC2. The normalized spacial score (nSPS) is 16.1. The predicted molar refractivity (Wildman–Crippen MR) is 161 cm³/mol. The summed E-state index contributed by atoms with van der Waals surface area (Å²) >= 11 is 1.48. The van der Waals surface area contributed by atoms with Crippen LogP contribution in [0.5, 0.6) is 0 Å². The summed E-state index contributed by atoms with van der Waals surface area (Å²) < 4.78 is 13.4. The molecule has 3 amide bonds. The number of alkyl halides is 1. The number of fused-ring (bicyclic) bond motifs is 3. The highest BCUT2D eigenvalue weighted by atomic mass is 32.1. The largest absolute Gasteiger partial charge is 0.364 e. The molecule has 42 heavy (non-hydrogen) atoms. The minimum Gasteiger partial charge on any atom is -0.364 e. The number of carbonyl (C=O) groups is 3. The van der Waals surface area contributed by atoms with Crippen LogP contribution < -0.4 is 20.4 Å². The summed E-state index contributed by atoms with van der Waals surface area (Å²) in [6.07, 6.45) is 4.92. The molecule has 7 rings (SSSR count). The average molecular weight is 582 g/mol. The molecule has 0 unspecified atom stereocenters. The lowest BCUT2D eigenvalue weighted by molar-refractivity contribution is 0.0952. The van der Waals surface area contributed by atoms with Crippen molar-refractivity contribution in [1.29, 1.82) is 0 Å². The molecule has 10 heteroatoms. The van der Waals surface area contributed by atoms with Crippen LogP contribution in [0.25, 0.3) is 10.4 Å². The van der Waals surface area contributed by atoms with E-state index in [1.165, 1.54) is 17.5 Å². The van der Waals surface area contributed by atoms with E-state index in [-0.39, 0.29) is 30.8 Å². The molecule has 2 N–H and O–H groups in total. The summed E-state index contributed by atoms with van der Waals surface area (Å²) in [5.41, 5.74) is 4.86. The summed E-state index contributed by atoms with van der Waals surface area (Å²) in [4.78, 5) is 48.9. The van der Waals surface area contributed by atoms with Gasteiger partial charge in [0.1, 0.15) is 6.17 Å². The first-order valence-corrected chi connectivity index (χ1v) is 14.9. The van der Waals surface area contributed by atoms with E-state index in [0.717, 1.165) is 34.5 Å². The molecule has 2 aliphatic heterocycles. The maximum absolute atomic E-state index is 13.8. The molecule has 2 fully saturated rings. The van der Waals surface area contributed by atoms with Crippen LogP contribution >= 0.6 is 11.3 Å². The molecule has 0 spiro atoms. The zero-order chi connectivity index (χ0) is 28.8. The first kappa shape index (κ1) is 26.3. The minimum atomic E-state index is -0.898. The van der Waals surface area contributed by atoms with Crippen molar-refractivity contribution < 1.29 is 18.8 Å². The van der Waals surface area contributed by atoms with Gasteiger partial charge in [0.05, 0.1) is 41.1 Å². The molecule has 0 atom stereocenters. The zero-order valence-electron chi connectivity index (χ0n) is 22.7. The van der Waals surface area contributed by atoms with Crippen molar-refractivity contribution in [3.63, 3.8) is 0 Å². The van der Waals surface area contributed by atoms with Gasteiger partial charge in [-0.2, -0.15) is 0 Å². The number of thiophene rings is 1. The van der Waals surface area contributed by atoms with Gasteiger partial charge in [0.25, 0.3) is 17.7 Å². The highest BCUT2D eigenvalue weighted by molar-refractivity contribution is 7.17. The van der Waals surface area contributed by atoms with Crippen molar-refractivity contribution in [3.8, 4) is 10.4 Å². The summed E-state index contributed by atoms with van der Waals surface area (Å²) in [5.74, 6) is -0.494. The molecular weight excluding hydrogens is 553 g/mol. The topological polar surface area (TPSA) is 94.6 Å². The van der Waals surface area contributed by atoms with E-state index in [9.17, 15) is 18.8 Å². The number of hydrogen-bond donors (Lipinski definition) is 2. The van der Waals surface area contributed by atoms with E-state index >= 15 is 0 Å². The highest BCUT2D eigenvalue weighted by Crippen LogP contribution is 2.42.